The number of carboxylic acids is 1. The summed E-state index contributed by atoms with van der Waals surface area (Å²) in [6.07, 6.45) is 3.76. The predicted molar refractivity (Wildman–Crippen MR) is 56.8 cm³/mol. The summed E-state index contributed by atoms with van der Waals surface area (Å²) in [5.74, 6) is -2.03. The number of nitriles is 1. The smallest absolute Gasteiger partial charge is 0.321 e. The van der Waals surface area contributed by atoms with Crippen molar-refractivity contribution in [1.82, 2.24) is 0 Å². The largest absolute Gasteiger partial charge is 0.480 e. The Morgan fingerprint density at radius 2 is 2.13 bits per heavy atom. The van der Waals surface area contributed by atoms with E-state index in [-0.39, 0.29) is 6.42 Å². The maximum atomic E-state index is 10.5. The van der Waals surface area contributed by atoms with Crippen molar-refractivity contribution in [2.24, 2.45) is 5.92 Å². The van der Waals surface area contributed by atoms with Crippen LogP contribution in [0.15, 0.2) is 36.4 Å². The minimum absolute atomic E-state index is 0.237. The van der Waals surface area contributed by atoms with Gasteiger partial charge in [0, 0.05) is 0 Å². The minimum Gasteiger partial charge on any atom is -0.480 e. The maximum absolute atomic E-state index is 10.5. The standard InChI is InChI=1S/C12H11NO2/c13-9-11(12(14)15)8-4-7-10-5-2-1-3-6-10/h1-7,11H,8H2,(H,14,15). The van der Waals surface area contributed by atoms with Crippen LogP contribution in [0.1, 0.15) is 12.0 Å². The third-order valence-corrected chi connectivity index (χ3v) is 1.94. The molecule has 76 valence electrons. The highest BCUT2D eigenvalue weighted by Crippen LogP contribution is 2.06. The van der Waals surface area contributed by atoms with Crippen LogP contribution in [-0.4, -0.2) is 11.1 Å². The van der Waals surface area contributed by atoms with Crippen LogP contribution in [0.4, 0.5) is 0 Å². The summed E-state index contributed by atoms with van der Waals surface area (Å²) in [6.45, 7) is 0. The van der Waals surface area contributed by atoms with Crippen molar-refractivity contribution >= 4 is 12.0 Å². The van der Waals surface area contributed by atoms with E-state index in [2.05, 4.69) is 0 Å². The van der Waals surface area contributed by atoms with Crippen molar-refractivity contribution in [1.29, 1.82) is 5.26 Å². The number of nitrogens with zero attached hydrogens (tertiary/aromatic N) is 1. The molecule has 0 aliphatic heterocycles. The molecule has 1 rings (SSSR count). The fourth-order valence-corrected chi connectivity index (χ4v) is 1.11. The summed E-state index contributed by atoms with van der Waals surface area (Å²) in [6, 6.07) is 11.3. The third kappa shape index (κ3) is 3.65. The van der Waals surface area contributed by atoms with Crippen LogP contribution >= 0.6 is 0 Å². The highest BCUT2D eigenvalue weighted by molar-refractivity contribution is 5.73. The van der Waals surface area contributed by atoms with Crippen LogP contribution in [0.2, 0.25) is 0 Å². The summed E-state index contributed by atoms with van der Waals surface area (Å²) in [4.78, 5) is 10.5. The zero-order valence-corrected chi connectivity index (χ0v) is 8.13. The molecule has 0 saturated heterocycles. The number of hydrogen-bond acceptors (Lipinski definition) is 2. The minimum atomic E-state index is -1.07. The third-order valence-electron chi connectivity index (χ3n) is 1.94. The van der Waals surface area contributed by atoms with Crippen molar-refractivity contribution in [3.05, 3.63) is 42.0 Å². The Bertz CT molecular complexity index is 390. The van der Waals surface area contributed by atoms with Crippen molar-refractivity contribution in [3.8, 4) is 6.07 Å². The van der Waals surface area contributed by atoms with Gasteiger partial charge in [-0.2, -0.15) is 5.26 Å². The number of carbonyl (C=O) groups is 1. The molecule has 0 aliphatic rings. The molecule has 3 heteroatoms. The van der Waals surface area contributed by atoms with E-state index in [0.29, 0.717) is 0 Å². The van der Waals surface area contributed by atoms with Gasteiger partial charge >= 0.3 is 5.97 Å². The zero-order chi connectivity index (χ0) is 11.1. The highest BCUT2D eigenvalue weighted by Gasteiger charge is 2.13. The molecule has 0 bridgehead atoms. The van der Waals surface area contributed by atoms with Gasteiger partial charge in [-0.1, -0.05) is 42.5 Å². The lowest BCUT2D eigenvalue weighted by molar-refractivity contribution is -0.139. The first-order valence-corrected chi connectivity index (χ1v) is 4.58. The number of carboxylic acid groups (broad SMARTS) is 1. The summed E-state index contributed by atoms with van der Waals surface area (Å²) in [5.41, 5.74) is 1.000. The Hall–Kier alpha value is -2.08. The monoisotopic (exact) mass is 201 g/mol. The molecule has 0 heterocycles. The van der Waals surface area contributed by atoms with Gasteiger partial charge in [0.2, 0.25) is 0 Å². The average molecular weight is 201 g/mol. The van der Waals surface area contributed by atoms with Crippen LogP contribution < -0.4 is 0 Å². The van der Waals surface area contributed by atoms with Gasteiger partial charge in [-0.05, 0) is 12.0 Å². The zero-order valence-electron chi connectivity index (χ0n) is 8.13. The maximum Gasteiger partial charge on any atom is 0.321 e. The number of allylic oxidation sites excluding steroid dienone is 1. The van der Waals surface area contributed by atoms with Crippen molar-refractivity contribution < 1.29 is 9.90 Å². The van der Waals surface area contributed by atoms with Gasteiger partial charge in [-0.15, -0.1) is 0 Å². The molecule has 1 atom stereocenters. The van der Waals surface area contributed by atoms with E-state index in [1.54, 1.807) is 12.1 Å². The first-order valence-electron chi connectivity index (χ1n) is 4.58. The predicted octanol–water partition coefficient (Wildman–Crippen LogP) is 2.31. The first kappa shape index (κ1) is 11.0. The molecular formula is C12H11NO2. The summed E-state index contributed by atoms with van der Waals surface area (Å²) in [7, 11) is 0. The lowest BCUT2D eigenvalue weighted by Gasteiger charge is -1.97. The Kier molecular flexibility index (Phi) is 4.11. The lowest BCUT2D eigenvalue weighted by Crippen LogP contribution is -2.09. The van der Waals surface area contributed by atoms with Crippen molar-refractivity contribution in [2.75, 3.05) is 0 Å². The second-order valence-corrected chi connectivity index (χ2v) is 3.07. The quantitative estimate of drug-likeness (QED) is 0.813. The molecule has 0 amide bonds. The van der Waals surface area contributed by atoms with E-state index >= 15 is 0 Å². The van der Waals surface area contributed by atoms with Gasteiger partial charge in [0.1, 0.15) is 5.92 Å². The van der Waals surface area contributed by atoms with E-state index < -0.39 is 11.9 Å². The Morgan fingerprint density at radius 3 is 2.67 bits per heavy atom. The molecule has 0 spiro atoms. The summed E-state index contributed by atoms with van der Waals surface area (Å²) in [5, 5.41) is 17.1. The summed E-state index contributed by atoms with van der Waals surface area (Å²) >= 11 is 0. The van der Waals surface area contributed by atoms with E-state index in [4.69, 9.17) is 10.4 Å². The molecule has 3 nitrogen and oxygen atoms in total. The number of rotatable bonds is 4. The second-order valence-electron chi connectivity index (χ2n) is 3.07. The van der Waals surface area contributed by atoms with E-state index in [9.17, 15) is 4.79 Å². The van der Waals surface area contributed by atoms with Gasteiger partial charge < -0.3 is 5.11 Å². The fraction of sp³-hybridized carbons (Fsp3) is 0.167. The van der Waals surface area contributed by atoms with E-state index in [1.807, 2.05) is 36.4 Å². The number of hydrogen-bond donors (Lipinski definition) is 1. The fourth-order valence-electron chi connectivity index (χ4n) is 1.11. The molecule has 0 saturated carbocycles. The van der Waals surface area contributed by atoms with Crippen LogP contribution in [0.3, 0.4) is 0 Å². The topological polar surface area (TPSA) is 61.1 Å². The number of benzene rings is 1. The van der Waals surface area contributed by atoms with Gasteiger partial charge in [0.25, 0.3) is 0 Å². The van der Waals surface area contributed by atoms with Crippen molar-refractivity contribution in [2.45, 2.75) is 6.42 Å². The Balaban J connectivity index is 2.54. The Labute approximate surface area is 88.3 Å². The van der Waals surface area contributed by atoms with Gasteiger partial charge in [-0.25, -0.2) is 0 Å². The lowest BCUT2D eigenvalue weighted by atomic mass is 10.1. The molecule has 0 aliphatic carbocycles. The molecule has 1 N–H and O–H groups in total. The number of aliphatic carboxylic acids is 1. The van der Waals surface area contributed by atoms with Crippen LogP contribution in [-0.2, 0) is 4.79 Å². The second kappa shape index (κ2) is 5.61. The normalized spacial score (nSPS) is 12.2. The molecule has 0 radical (unpaired) electrons. The summed E-state index contributed by atoms with van der Waals surface area (Å²) < 4.78 is 0. The molecule has 0 fully saturated rings. The van der Waals surface area contributed by atoms with E-state index in [0.717, 1.165) is 5.56 Å². The molecule has 0 aromatic heterocycles. The molecule has 15 heavy (non-hydrogen) atoms. The van der Waals surface area contributed by atoms with E-state index in [1.165, 1.54) is 0 Å². The molecule has 1 aromatic carbocycles. The molecular weight excluding hydrogens is 190 g/mol. The molecule has 1 aromatic rings. The van der Waals surface area contributed by atoms with Gasteiger partial charge in [-0.3, -0.25) is 4.79 Å². The van der Waals surface area contributed by atoms with Gasteiger partial charge in [0.05, 0.1) is 6.07 Å². The SMILES string of the molecule is N#CC(CC=Cc1ccccc1)C(=O)O. The van der Waals surface area contributed by atoms with Crippen LogP contribution in [0, 0.1) is 17.2 Å². The first-order chi connectivity index (χ1) is 7.24. The van der Waals surface area contributed by atoms with Crippen molar-refractivity contribution in [3.63, 3.8) is 0 Å². The van der Waals surface area contributed by atoms with Gasteiger partial charge in [0.15, 0.2) is 0 Å². The Morgan fingerprint density at radius 1 is 1.47 bits per heavy atom. The van der Waals surface area contributed by atoms with Crippen LogP contribution in [0.25, 0.3) is 6.08 Å². The van der Waals surface area contributed by atoms with Crippen LogP contribution in [0.5, 0.6) is 0 Å². The highest BCUT2D eigenvalue weighted by atomic mass is 16.4. The average Bonchev–Trinajstić information content (AvgIpc) is 2.25. The molecule has 1 unspecified atom stereocenters.